The zero-order valence-corrected chi connectivity index (χ0v) is 83.7. The van der Waals surface area contributed by atoms with Crippen LogP contribution in [0.25, 0.3) is 22.3 Å². The summed E-state index contributed by atoms with van der Waals surface area (Å²) >= 11 is 0. The molecule has 5 fully saturated rings. The van der Waals surface area contributed by atoms with E-state index >= 15 is 0 Å². The minimum absolute atomic E-state index is 0.0691. The van der Waals surface area contributed by atoms with Crippen LogP contribution in [0.1, 0.15) is 326 Å². The highest BCUT2D eigenvalue weighted by molar-refractivity contribution is 5.82. The van der Waals surface area contributed by atoms with Gasteiger partial charge in [0.2, 0.25) is 6.29 Å². The SMILES string of the molecule is CCC(C)c1ccc(O)cc1.CCC(C)c1ccc(O)cc1.CCC(C)c1ccc(O)cc1.CCC(C)c1ccc(OC(C)OCCC2CCCCC2)cc1.CCC(C)c1ccc(OC(C)OCCOc2c(-c3ccccc3)cccc2-c2ccccc2)cc1.CCC(C)c1ccc(OCc2ccccc2)cc1.CCOC(Oc1ccc(C(C)CC)cc1)C12CC3CC(CC(C3)C1)C2. The smallest absolute Gasteiger partial charge is 0.205 e. The molecule has 0 amide bonds. The van der Waals surface area contributed by atoms with Gasteiger partial charge in [-0.2, -0.15) is 0 Å². The number of phenols is 3. The molecule has 5 aliphatic carbocycles. The van der Waals surface area contributed by atoms with Crippen LogP contribution in [0.3, 0.4) is 0 Å². The molecule has 16 rings (SSSR count). The molecule has 0 heterocycles. The normalized spacial score (nSPS) is 18.0. The highest BCUT2D eigenvalue weighted by atomic mass is 16.7. The lowest BCUT2D eigenvalue weighted by molar-refractivity contribution is -0.213. The molecule has 11 aromatic rings. The van der Waals surface area contributed by atoms with Crippen molar-refractivity contribution in [2.45, 2.75) is 307 Å². The third-order valence-electron chi connectivity index (χ3n) is 27.9. The molecule has 716 valence electrons. The van der Waals surface area contributed by atoms with Gasteiger partial charge in [0.05, 0.1) is 13.2 Å². The van der Waals surface area contributed by atoms with E-state index in [1.165, 1.54) is 141 Å². The number of benzene rings is 11. The van der Waals surface area contributed by atoms with Crippen molar-refractivity contribution in [3.63, 3.8) is 0 Å². The number of phenolic OH excluding ortho intramolecular Hbond substituents is 3. The Morgan fingerprint density at radius 3 is 0.940 bits per heavy atom. The first-order chi connectivity index (χ1) is 64.5. The van der Waals surface area contributed by atoms with Crippen LogP contribution in [0.5, 0.6) is 46.0 Å². The summed E-state index contributed by atoms with van der Waals surface area (Å²) in [6, 6.07) is 93.4. The quantitative estimate of drug-likeness (QED) is 0.0254. The molecule has 0 spiro atoms. The Hall–Kier alpha value is -10.3. The summed E-state index contributed by atoms with van der Waals surface area (Å²) in [6.07, 6.45) is 24.0. The van der Waals surface area contributed by atoms with E-state index in [1.54, 1.807) is 36.4 Å². The highest BCUT2D eigenvalue weighted by Crippen LogP contribution is 2.62. The van der Waals surface area contributed by atoms with Crippen molar-refractivity contribution in [3.8, 4) is 68.2 Å². The van der Waals surface area contributed by atoms with Crippen LogP contribution in [0, 0.1) is 29.1 Å². The first-order valence-electron chi connectivity index (χ1n) is 50.6. The lowest BCUT2D eigenvalue weighted by Gasteiger charge is -2.58. The van der Waals surface area contributed by atoms with E-state index in [-0.39, 0.29) is 24.3 Å². The van der Waals surface area contributed by atoms with Gasteiger partial charge < -0.3 is 53.2 Å². The van der Waals surface area contributed by atoms with Gasteiger partial charge in [-0.3, -0.25) is 0 Å². The Morgan fingerprint density at radius 2 is 0.609 bits per heavy atom. The number of hydrogen-bond acceptors (Lipinski definition) is 11. The molecule has 0 aliphatic heterocycles. The molecule has 10 atom stereocenters. The van der Waals surface area contributed by atoms with Crippen LogP contribution in [-0.4, -0.2) is 60.6 Å². The lowest BCUT2D eigenvalue weighted by Crippen LogP contribution is -2.54. The van der Waals surface area contributed by atoms with E-state index in [1.807, 2.05) is 117 Å². The van der Waals surface area contributed by atoms with Crippen LogP contribution < -0.4 is 23.7 Å². The van der Waals surface area contributed by atoms with Crippen molar-refractivity contribution in [1.29, 1.82) is 0 Å². The predicted octanol–water partition coefficient (Wildman–Crippen LogP) is 33.9. The maximum atomic E-state index is 9.01. The number of aromatic hydroxyl groups is 3. The average Bonchev–Trinajstić information content (AvgIpc) is 0.736. The number of ether oxygens (including phenoxy) is 8. The van der Waals surface area contributed by atoms with Gasteiger partial charge in [0, 0.05) is 23.1 Å². The summed E-state index contributed by atoms with van der Waals surface area (Å²) < 4.78 is 48.3. The van der Waals surface area contributed by atoms with Crippen molar-refractivity contribution >= 4 is 0 Å². The number of rotatable bonds is 37. The van der Waals surface area contributed by atoms with Crippen LogP contribution in [0.15, 0.2) is 279 Å². The molecule has 11 nitrogen and oxygen atoms in total. The first-order valence-corrected chi connectivity index (χ1v) is 50.6. The topological polar surface area (TPSA) is 135 Å². The summed E-state index contributed by atoms with van der Waals surface area (Å²) in [5.41, 5.74) is 15.2. The second-order valence-corrected chi connectivity index (χ2v) is 37.8. The molecule has 3 N–H and O–H groups in total. The van der Waals surface area contributed by atoms with Crippen LogP contribution >= 0.6 is 0 Å². The molecule has 5 aliphatic rings. The summed E-state index contributed by atoms with van der Waals surface area (Å²) in [5, 5.41) is 27.0. The minimum Gasteiger partial charge on any atom is -0.508 e. The van der Waals surface area contributed by atoms with Crippen molar-refractivity contribution < 1.29 is 53.2 Å². The summed E-state index contributed by atoms with van der Waals surface area (Å²) in [4.78, 5) is 0. The van der Waals surface area contributed by atoms with Crippen molar-refractivity contribution in [2.24, 2.45) is 29.1 Å². The number of hydrogen-bond donors (Lipinski definition) is 3. The highest BCUT2D eigenvalue weighted by Gasteiger charge is 2.56. The summed E-state index contributed by atoms with van der Waals surface area (Å²) in [5.74, 6) is 13.3. The third-order valence-corrected chi connectivity index (χ3v) is 27.9. The van der Waals surface area contributed by atoms with Crippen molar-refractivity contribution in [1.82, 2.24) is 0 Å². The van der Waals surface area contributed by atoms with Crippen LogP contribution in [-0.2, 0) is 20.8 Å². The number of para-hydroxylation sites is 1. The minimum atomic E-state index is -0.369. The predicted molar refractivity (Wildman–Crippen MR) is 555 cm³/mol. The zero-order chi connectivity index (χ0) is 95.3. The monoisotopic (exact) mass is 1800 g/mol. The van der Waals surface area contributed by atoms with E-state index in [4.69, 9.17) is 53.2 Å². The van der Waals surface area contributed by atoms with Crippen molar-refractivity contribution in [2.75, 3.05) is 26.4 Å². The molecule has 11 heteroatoms. The Labute approximate surface area is 802 Å². The van der Waals surface area contributed by atoms with Gasteiger partial charge in [-0.25, -0.2) is 0 Å². The molecular formula is C122H162O11. The molecule has 0 saturated heterocycles. The second-order valence-electron chi connectivity index (χ2n) is 37.8. The van der Waals surface area contributed by atoms with Crippen molar-refractivity contribution in [3.05, 3.63) is 324 Å². The van der Waals surface area contributed by atoms with E-state index < -0.39 is 0 Å². The third kappa shape index (κ3) is 35.5. The molecule has 133 heavy (non-hydrogen) atoms. The molecular weight excluding hydrogens is 1640 g/mol. The van der Waals surface area contributed by atoms with Gasteiger partial charge in [-0.1, -0.05) is 323 Å². The Balaban J connectivity index is 0.000000182. The Bertz CT molecular complexity index is 4690. The molecule has 0 radical (unpaired) electrons. The fraction of sp³-hybridized carbons (Fsp3) is 0.459. The van der Waals surface area contributed by atoms with Gasteiger partial charge >= 0.3 is 0 Å². The maximum absolute atomic E-state index is 9.01. The molecule has 5 saturated carbocycles. The summed E-state index contributed by atoms with van der Waals surface area (Å²) in [6.45, 7) is 40.0. The standard InChI is InChI=1S/C32H34O3.C23H34O2.C20H32O2.C17H20O.3C10H14O/c1-4-24(2)26-18-20-29(21-19-26)35-25(3)33-22-23-34-32-30(27-12-7-5-8-13-27)16-11-17-31(32)28-14-9-6-10-15-28;1-4-16(3)20-6-8-21(9-7-20)25-22(24-5-2)23-13-17-10-18(14-23)12-19(11-17)15-23;1-4-16(2)19-10-12-20(13-11-19)22-17(3)21-15-14-18-8-6-5-7-9-18;1-3-14(2)16-9-11-17(12-10-16)18-13-15-7-5-4-6-8-15;3*1-3-8(2)9-4-6-10(11)7-5-9/h5-21,24-25H,4,22-23H2,1-3H3;6-9,16-19,22H,4-5,10-15H2,1-3H3;10-13,16-18H,4-9,14-15H2,1-3H3;4-12,14H,3,13H2,1-2H3;3*4-8,11H,3H2,1-2H3. The fourth-order valence-electron chi connectivity index (χ4n) is 18.5. The largest absolute Gasteiger partial charge is 0.508 e. The van der Waals surface area contributed by atoms with Gasteiger partial charge in [-0.05, 0) is 316 Å². The Kier molecular flexibility index (Phi) is 45.9. The Morgan fingerprint density at radius 1 is 0.301 bits per heavy atom. The summed E-state index contributed by atoms with van der Waals surface area (Å²) in [7, 11) is 0. The molecule has 11 aromatic carbocycles. The molecule has 0 aromatic heterocycles. The van der Waals surface area contributed by atoms with E-state index in [0.29, 0.717) is 78.5 Å². The average molecular weight is 1800 g/mol. The second kappa shape index (κ2) is 57.4. The van der Waals surface area contributed by atoms with Crippen LogP contribution in [0.4, 0.5) is 0 Å². The molecule has 10 unspecified atom stereocenters. The van der Waals surface area contributed by atoms with Gasteiger partial charge in [0.25, 0.3) is 0 Å². The van der Waals surface area contributed by atoms with E-state index in [9.17, 15) is 0 Å². The van der Waals surface area contributed by atoms with E-state index in [0.717, 1.165) is 114 Å². The van der Waals surface area contributed by atoms with E-state index in [2.05, 4.69) is 243 Å². The first kappa shape index (κ1) is 106. The maximum Gasteiger partial charge on any atom is 0.205 e. The van der Waals surface area contributed by atoms with Gasteiger partial charge in [0.15, 0.2) is 12.6 Å². The zero-order valence-electron chi connectivity index (χ0n) is 83.7. The van der Waals surface area contributed by atoms with Gasteiger partial charge in [-0.15, -0.1) is 0 Å². The lowest BCUT2D eigenvalue weighted by atomic mass is 9.49. The van der Waals surface area contributed by atoms with Gasteiger partial charge in [0.1, 0.15) is 59.2 Å². The fourth-order valence-corrected chi connectivity index (χ4v) is 18.5. The van der Waals surface area contributed by atoms with Crippen LogP contribution in [0.2, 0.25) is 0 Å². The molecule has 4 bridgehead atoms.